The first-order chi connectivity index (χ1) is 11.8. The van der Waals surface area contributed by atoms with Crippen LogP contribution >= 0.6 is 0 Å². The lowest BCUT2D eigenvalue weighted by molar-refractivity contribution is 0.481. The Bertz CT molecular complexity index is 539. The lowest BCUT2D eigenvalue weighted by atomic mass is 10.0. The van der Waals surface area contributed by atoms with Crippen molar-refractivity contribution in [1.29, 1.82) is 0 Å². The van der Waals surface area contributed by atoms with Gasteiger partial charge in [0.05, 0.1) is 4.90 Å². The molecule has 0 unspecified atom stereocenters. The molecular weight excluding hydrogens is 334 g/mol. The second-order valence-corrected chi connectivity index (χ2v) is 8.30. The van der Waals surface area contributed by atoms with Crippen molar-refractivity contribution in [2.45, 2.75) is 95.9 Å². The van der Waals surface area contributed by atoms with Crippen molar-refractivity contribution in [3.05, 3.63) is 29.8 Å². The van der Waals surface area contributed by atoms with Crippen LogP contribution in [0, 0.1) is 0 Å². The lowest BCUT2D eigenvalue weighted by Crippen LogP contribution is -2.06. The molecule has 25 heavy (non-hydrogen) atoms. The van der Waals surface area contributed by atoms with Crippen molar-refractivity contribution >= 4 is 10.1 Å². The molecule has 1 rings (SSSR count). The summed E-state index contributed by atoms with van der Waals surface area (Å²) in [7, 11) is -4.09. The highest BCUT2D eigenvalue weighted by atomic mass is 32.2. The number of hydrogen-bond donors (Lipinski definition) is 2. The maximum absolute atomic E-state index is 11.3. The van der Waals surface area contributed by atoms with Gasteiger partial charge in [0, 0.05) is 0 Å². The number of hydrogen-bond acceptors (Lipinski definition) is 3. The minimum Gasteiger partial charge on any atom is -0.328 e. The molecule has 0 saturated carbocycles. The van der Waals surface area contributed by atoms with Gasteiger partial charge in [0.2, 0.25) is 0 Å². The molecule has 0 radical (unpaired) electrons. The Labute approximate surface area is 155 Å². The summed E-state index contributed by atoms with van der Waals surface area (Å²) in [5.74, 6) is 0. The van der Waals surface area contributed by atoms with E-state index in [1.807, 2.05) is 19.9 Å². The number of benzene rings is 1. The van der Waals surface area contributed by atoms with Crippen LogP contribution in [-0.2, 0) is 16.5 Å². The summed E-state index contributed by atoms with van der Waals surface area (Å²) < 4.78 is 31.7. The SMILES string of the molecule is CC(C)N.CCCCCCCCCCCc1ccccc1S(=O)(=O)O. The highest BCUT2D eigenvalue weighted by Crippen LogP contribution is 2.18. The highest BCUT2D eigenvalue weighted by Gasteiger charge is 2.13. The molecule has 0 heterocycles. The summed E-state index contributed by atoms with van der Waals surface area (Å²) in [4.78, 5) is 0.0598. The predicted octanol–water partition coefficient (Wildman–Crippen LogP) is 5.36. The summed E-state index contributed by atoms with van der Waals surface area (Å²) >= 11 is 0. The average Bonchev–Trinajstić information content (AvgIpc) is 2.52. The van der Waals surface area contributed by atoms with E-state index in [1.165, 1.54) is 51.0 Å². The molecule has 0 aliphatic rings. The van der Waals surface area contributed by atoms with Crippen molar-refractivity contribution in [2.24, 2.45) is 5.73 Å². The van der Waals surface area contributed by atoms with Gasteiger partial charge in [0.1, 0.15) is 0 Å². The van der Waals surface area contributed by atoms with Gasteiger partial charge in [-0.2, -0.15) is 8.42 Å². The Morgan fingerprint density at radius 3 is 1.84 bits per heavy atom. The van der Waals surface area contributed by atoms with Crippen LogP contribution in [0.25, 0.3) is 0 Å². The normalized spacial score (nSPS) is 11.3. The zero-order valence-electron chi connectivity index (χ0n) is 16.2. The molecule has 0 aliphatic heterocycles. The van der Waals surface area contributed by atoms with Crippen molar-refractivity contribution in [2.75, 3.05) is 0 Å². The molecule has 3 N–H and O–H groups in total. The molecule has 0 bridgehead atoms. The molecule has 5 heteroatoms. The Morgan fingerprint density at radius 2 is 1.36 bits per heavy atom. The maximum Gasteiger partial charge on any atom is 0.294 e. The van der Waals surface area contributed by atoms with Gasteiger partial charge in [0.15, 0.2) is 0 Å². The first kappa shape index (κ1) is 24.1. The molecule has 146 valence electrons. The van der Waals surface area contributed by atoms with Gasteiger partial charge in [0.25, 0.3) is 10.1 Å². The Kier molecular flexibility index (Phi) is 13.8. The number of aryl methyl sites for hydroxylation is 1. The third-order valence-corrected chi connectivity index (χ3v) is 4.75. The molecule has 0 aromatic heterocycles. The van der Waals surface area contributed by atoms with E-state index in [4.69, 9.17) is 5.73 Å². The van der Waals surface area contributed by atoms with Gasteiger partial charge in [-0.15, -0.1) is 0 Å². The van der Waals surface area contributed by atoms with Crippen molar-refractivity contribution < 1.29 is 13.0 Å². The molecule has 0 atom stereocenters. The lowest BCUT2D eigenvalue weighted by Gasteiger charge is -2.07. The van der Waals surface area contributed by atoms with Gasteiger partial charge in [-0.1, -0.05) is 90.3 Å². The van der Waals surface area contributed by atoms with Crippen LogP contribution in [0.3, 0.4) is 0 Å². The van der Waals surface area contributed by atoms with Gasteiger partial charge in [-0.25, -0.2) is 0 Å². The second-order valence-electron chi connectivity index (χ2n) is 6.91. The van der Waals surface area contributed by atoms with Crippen LogP contribution in [0.4, 0.5) is 0 Å². The smallest absolute Gasteiger partial charge is 0.294 e. The van der Waals surface area contributed by atoms with Crippen LogP contribution in [0.1, 0.15) is 84.1 Å². The van der Waals surface area contributed by atoms with Crippen molar-refractivity contribution in [1.82, 2.24) is 0 Å². The van der Waals surface area contributed by atoms with Gasteiger partial charge in [-0.05, 0) is 30.5 Å². The number of rotatable bonds is 11. The van der Waals surface area contributed by atoms with E-state index in [0.717, 1.165) is 18.4 Å². The van der Waals surface area contributed by atoms with Gasteiger partial charge >= 0.3 is 0 Å². The summed E-state index contributed by atoms with van der Waals surface area (Å²) in [5.41, 5.74) is 5.84. The van der Waals surface area contributed by atoms with Gasteiger partial charge in [-0.3, -0.25) is 4.55 Å². The minimum absolute atomic E-state index is 0.0598. The number of nitrogens with two attached hydrogens (primary N) is 1. The van der Waals surface area contributed by atoms with E-state index >= 15 is 0 Å². The van der Waals surface area contributed by atoms with E-state index < -0.39 is 10.1 Å². The van der Waals surface area contributed by atoms with E-state index in [0.29, 0.717) is 12.5 Å². The monoisotopic (exact) mass is 371 g/mol. The molecule has 1 aromatic rings. The van der Waals surface area contributed by atoms with Crippen LogP contribution in [0.5, 0.6) is 0 Å². The quantitative estimate of drug-likeness (QED) is 0.405. The fourth-order valence-corrected chi connectivity index (χ4v) is 3.34. The molecule has 4 nitrogen and oxygen atoms in total. The first-order valence-corrected chi connectivity index (χ1v) is 11.0. The topological polar surface area (TPSA) is 80.4 Å². The third-order valence-electron chi connectivity index (χ3n) is 3.80. The van der Waals surface area contributed by atoms with E-state index in [2.05, 4.69) is 6.92 Å². The second kappa shape index (κ2) is 14.3. The predicted molar refractivity (Wildman–Crippen MR) is 107 cm³/mol. The summed E-state index contributed by atoms with van der Waals surface area (Å²) in [6, 6.07) is 7.05. The third kappa shape index (κ3) is 14.0. The molecule has 0 aliphatic carbocycles. The fourth-order valence-electron chi connectivity index (χ4n) is 2.59. The summed E-state index contributed by atoms with van der Waals surface area (Å²) in [6.07, 6.45) is 11.9. The zero-order chi connectivity index (χ0) is 19.1. The minimum atomic E-state index is -4.09. The van der Waals surface area contributed by atoms with Crippen molar-refractivity contribution in [3.8, 4) is 0 Å². The zero-order valence-corrected chi connectivity index (χ0v) is 17.0. The van der Waals surface area contributed by atoms with E-state index in [-0.39, 0.29) is 4.90 Å². The van der Waals surface area contributed by atoms with Crippen LogP contribution < -0.4 is 5.73 Å². The highest BCUT2D eigenvalue weighted by molar-refractivity contribution is 7.85. The molecule has 1 aromatic carbocycles. The first-order valence-electron chi connectivity index (χ1n) is 9.60. The maximum atomic E-state index is 11.3. The van der Waals surface area contributed by atoms with E-state index in [9.17, 15) is 13.0 Å². The summed E-state index contributed by atoms with van der Waals surface area (Å²) in [6.45, 7) is 6.12. The van der Waals surface area contributed by atoms with Crippen molar-refractivity contribution in [3.63, 3.8) is 0 Å². The Hall–Kier alpha value is -0.910. The molecule has 0 saturated heterocycles. The van der Waals surface area contributed by atoms with Crippen LogP contribution in [-0.4, -0.2) is 19.0 Å². The summed E-state index contributed by atoms with van der Waals surface area (Å²) in [5, 5.41) is 0. The Balaban J connectivity index is 0.00000129. The van der Waals surface area contributed by atoms with Crippen LogP contribution in [0.2, 0.25) is 0 Å². The average molecular weight is 372 g/mol. The number of unbranched alkanes of at least 4 members (excludes halogenated alkanes) is 8. The van der Waals surface area contributed by atoms with Crippen LogP contribution in [0.15, 0.2) is 29.2 Å². The molecule has 0 fully saturated rings. The largest absolute Gasteiger partial charge is 0.328 e. The molecular formula is C20H37NO3S. The Morgan fingerprint density at radius 1 is 0.920 bits per heavy atom. The standard InChI is InChI=1S/C17H28O3S.C3H9N/c1-2-3-4-5-6-7-8-9-10-13-16-14-11-12-15-17(16)21(18,19)20;1-3(2)4/h11-12,14-15H,2-10,13H2,1H3,(H,18,19,20);3H,4H2,1-2H3. The molecule has 0 spiro atoms. The molecule has 0 amide bonds. The van der Waals surface area contributed by atoms with E-state index in [1.54, 1.807) is 12.1 Å². The van der Waals surface area contributed by atoms with Gasteiger partial charge < -0.3 is 5.73 Å². The fraction of sp³-hybridized carbons (Fsp3) is 0.700.